The van der Waals surface area contributed by atoms with Gasteiger partial charge in [0.2, 0.25) is 6.23 Å². The molecule has 0 aromatic heterocycles. The molecule has 2 aliphatic rings. The van der Waals surface area contributed by atoms with Crippen LogP contribution in [0.15, 0.2) is 108 Å². The predicted molar refractivity (Wildman–Crippen MR) is 129 cm³/mol. The maximum absolute atomic E-state index is 13.5. The van der Waals surface area contributed by atoms with Crippen LogP contribution in [0.1, 0.15) is 40.9 Å². The Balaban J connectivity index is 1.32. The molecule has 2 heterocycles. The van der Waals surface area contributed by atoms with Crippen molar-refractivity contribution in [3.63, 3.8) is 0 Å². The lowest BCUT2D eigenvalue weighted by Crippen LogP contribution is -2.33. The fourth-order valence-corrected chi connectivity index (χ4v) is 4.57. The minimum atomic E-state index is -0.391. The van der Waals surface area contributed by atoms with Crippen molar-refractivity contribution in [1.82, 2.24) is 5.01 Å². The number of hydrogen-bond donors (Lipinski definition) is 0. The molecule has 0 N–H and O–H groups in total. The van der Waals surface area contributed by atoms with Crippen LogP contribution in [-0.4, -0.2) is 10.7 Å². The van der Waals surface area contributed by atoms with Crippen LogP contribution in [0.3, 0.4) is 0 Å². The van der Waals surface area contributed by atoms with E-state index in [1.807, 2.05) is 77.8 Å². The predicted octanol–water partition coefficient (Wildman–Crippen LogP) is 6.65. The van der Waals surface area contributed by atoms with Gasteiger partial charge in [-0.25, -0.2) is 9.40 Å². The van der Waals surface area contributed by atoms with Crippen LogP contribution in [0, 0.1) is 5.82 Å². The minimum absolute atomic E-state index is 0.0453. The summed E-state index contributed by atoms with van der Waals surface area (Å²) in [4.78, 5) is 0. The summed E-state index contributed by atoms with van der Waals surface area (Å²) in [6.45, 7) is 0.498. The molecule has 0 unspecified atom stereocenters. The second-order valence-electron chi connectivity index (χ2n) is 8.51. The molecule has 5 heteroatoms. The van der Waals surface area contributed by atoms with Gasteiger partial charge in [0.25, 0.3) is 0 Å². The Bertz CT molecular complexity index is 1340. The Morgan fingerprint density at radius 1 is 0.882 bits per heavy atom. The van der Waals surface area contributed by atoms with Gasteiger partial charge in [0.1, 0.15) is 23.9 Å². The molecule has 4 aromatic rings. The summed E-state index contributed by atoms with van der Waals surface area (Å²) in [6.07, 6.45) is 0.338. The second kappa shape index (κ2) is 8.67. The topological polar surface area (TPSA) is 34.1 Å². The molecule has 0 bridgehead atoms. The lowest BCUT2D eigenvalue weighted by Gasteiger charge is -2.38. The maximum atomic E-state index is 13.5. The Morgan fingerprint density at radius 2 is 1.68 bits per heavy atom. The number of rotatable bonds is 5. The third-order valence-corrected chi connectivity index (χ3v) is 6.27. The van der Waals surface area contributed by atoms with Crippen LogP contribution in [0.5, 0.6) is 11.5 Å². The zero-order chi connectivity index (χ0) is 22.9. The molecule has 4 aromatic carbocycles. The largest absolute Gasteiger partial charge is 0.489 e. The molecule has 2 aliphatic heterocycles. The van der Waals surface area contributed by atoms with E-state index in [0.717, 1.165) is 45.9 Å². The summed E-state index contributed by atoms with van der Waals surface area (Å²) in [7, 11) is 0. The second-order valence-corrected chi connectivity index (χ2v) is 8.51. The molecule has 0 saturated carbocycles. The van der Waals surface area contributed by atoms with E-state index in [-0.39, 0.29) is 11.9 Å². The summed E-state index contributed by atoms with van der Waals surface area (Å²) in [5.41, 5.74) is 5.04. The molecule has 34 heavy (non-hydrogen) atoms. The van der Waals surface area contributed by atoms with Gasteiger partial charge in [-0.05, 0) is 41.5 Å². The van der Waals surface area contributed by atoms with Gasteiger partial charge < -0.3 is 9.47 Å². The Labute approximate surface area is 197 Å². The standard InChI is InChI=1S/C29H23FN2O2/c30-23-15-13-21(14-16-23)26-18-27-25-11-4-5-12-28(25)34-29(32(27)31-26)22-9-6-10-24(17-22)33-19-20-7-2-1-3-8-20/h1-17,27,29H,18-19H2/t27-,29-/m0/s1. The fraction of sp³-hybridized carbons (Fsp3) is 0.138. The lowest BCUT2D eigenvalue weighted by atomic mass is 9.96. The van der Waals surface area contributed by atoms with Gasteiger partial charge in [0.15, 0.2) is 0 Å². The molecule has 0 fully saturated rings. The van der Waals surface area contributed by atoms with E-state index in [1.165, 1.54) is 12.1 Å². The molecule has 0 spiro atoms. The molecule has 0 saturated heterocycles. The summed E-state index contributed by atoms with van der Waals surface area (Å²) in [5, 5.41) is 6.98. The van der Waals surface area contributed by atoms with Crippen LogP contribution in [0.2, 0.25) is 0 Å². The van der Waals surface area contributed by atoms with Gasteiger partial charge in [-0.15, -0.1) is 0 Å². The van der Waals surface area contributed by atoms with Crippen molar-refractivity contribution < 1.29 is 13.9 Å². The van der Waals surface area contributed by atoms with Crippen LogP contribution >= 0.6 is 0 Å². The van der Waals surface area contributed by atoms with Crippen molar-refractivity contribution in [2.75, 3.05) is 0 Å². The zero-order valence-electron chi connectivity index (χ0n) is 18.5. The molecule has 4 nitrogen and oxygen atoms in total. The first-order valence-electron chi connectivity index (χ1n) is 11.4. The van der Waals surface area contributed by atoms with Crippen LogP contribution < -0.4 is 9.47 Å². The number of fused-ring (bicyclic) bond motifs is 3. The highest BCUT2D eigenvalue weighted by Crippen LogP contribution is 2.47. The Morgan fingerprint density at radius 3 is 2.53 bits per heavy atom. The van der Waals surface area contributed by atoms with E-state index in [2.05, 4.69) is 6.07 Å². The van der Waals surface area contributed by atoms with Crippen LogP contribution in [-0.2, 0) is 6.61 Å². The zero-order valence-corrected chi connectivity index (χ0v) is 18.5. The first-order valence-corrected chi connectivity index (χ1v) is 11.4. The first-order chi connectivity index (χ1) is 16.7. The highest BCUT2D eigenvalue weighted by atomic mass is 19.1. The van der Waals surface area contributed by atoms with E-state index < -0.39 is 6.23 Å². The highest BCUT2D eigenvalue weighted by molar-refractivity contribution is 6.01. The SMILES string of the molecule is Fc1ccc(C2=NN3[C@@H](C2)c2ccccc2O[C@H]3c2cccc(OCc3ccccc3)c2)cc1. The van der Waals surface area contributed by atoms with Crippen molar-refractivity contribution >= 4 is 5.71 Å². The van der Waals surface area contributed by atoms with Gasteiger partial charge in [-0.2, -0.15) is 5.10 Å². The molecule has 0 aliphatic carbocycles. The van der Waals surface area contributed by atoms with Gasteiger partial charge in [0, 0.05) is 17.5 Å². The highest BCUT2D eigenvalue weighted by Gasteiger charge is 2.40. The number of hydrogen-bond acceptors (Lipinski definition) is 4. The molecule has 168 valence electrons. The van der Waals surface area contributed by atoms with E-state index in [4.69, 9.17) is 14.6 Å². The van der Waals surface area contributed by atoms with Gasteiger partial charge in [-0.1, -0.05) is 72.8 Å². The lowest BCUT2D eigenvalue weighted by molar-refractivity contribution is -0.0191. The molecule has 6 rings (SSSR count). The third-order valence-electron chi connectivity index (χ3n) is 6.27. The number of halogens is 1. The number of para-hydroxylation sites is 1. The number of hydrazone groups is 1. The van der Waals surface area contributed by atoms with Crippen molar-refractivity contribution in [3.05, 3.63) is 131 Å². The van der Waals surface area contributed by atoms with E-state index in [0.29, 0.717) is 6.61 Å². The molecule has 0 amide bonds. The van der Waals surface area contributed by atoms with Crippen LogP contribution in [0.25, 0.3) is 0 Å². The molecular weight excluding hydrogens is 427 g/mol. The van der Waals surface area contributed by atoms with Crippen LogP contribution in [0.4, 0.5) is 4.39 Å². The average molecular weight is 451 g/mol. The summed E-state index contributed by atoms with van der Waals surface area (Å²) < 4.78 is 26.0. The summed E-state index contributed by atoms with van der Waals surface area (Å²) >= 11 is 0. The summed E-state index contributed by atoms with van der Waals surface area (Å²) in [5.74, 6) is 1.39. The van der Waals surface area contributed by atoms with Gasteiger partial charge >= 0.3 is 0 Å². The fourth-order valence-electron chi connectivity index (χ4n) is 4.57. The Kier molecular flexibility index (Phi) is 5.22. The van der Waals surface area contributed by atoms with E-state index in [9.17, 15) is 4.39 Å². The van der Waals surface area contributed by atoms with Crippen molar-refractivity contribution in [1.29, 1.82) is 0 Å². The number of nitrogens with zero attached hydrogens (tertiary/aromatic N) is 2. The van der Waals surface area contributed by atoms with E-state index >= 15 is 0 Å². The third kappa shape index (κ3) is 3.90. The van der Waals surface area contributed by atoms with Gasteiger partial charge in [-0.3, -0.25) is 0 Å². The smallest absolute Gasteiger partial charge is 0.214 e. The number of benzene rings is 4. The minimum Gasteiger partial charge on any atom is -0.489 e. The molecule has 0 radical (unpaired) electrons. The van der Waals surface area contributed by atoms with Crippen molar-refractivity contribution in [2.24, 2.45) is 5.10 Å². The van der Waals surface area contributed by atoms with E-state index in [1.54, 1.807) is 12.1 Å². The van der Waals surface area contributed by atoms with Crippen molar-refractivity contribution in [2.45, 2.75) is 25.3 Å². The molecule has 2 atom stereocenters. The number of ether oxygens (including phenoxy) is 2. The van der Waals surface area contributed by atoms with Crippen molar-refractivity contribution in [3.8, 4) is 11.5 Å². The quantitative estimate of drug-likeness (QED) is 0.342. The molecular formula is C29H23FN2O2. The maximum Gasteiger partial charge on any atom is 0.214 e. The normalized spacial score (nSPS) is 18.5. The van der Waals surface area contributed by atoms with Gasteiger partial charge in [0.05, 0.1) is 11.8 Å². The average Bonchev–Trinajstić information content (AvgIpc) is 3.34. The first kappa shape index (κ1) is 20.5. The summed E-state index contributed by atoms with van der Waals surface area (Å²) in [6, 6.07) is 32.8. The monoisotopic (exact) mass is 450 g/mol. The Hall–Kier alpha value is -4.12.